The van der Waals surface area contributed by atoms with Gasteiger partial charge in [0, 0.05) is 30.4 Å². The number of nitrogens with zero attached hydrogens (tertiary/aromatic N) is 2. The number of nitrogens with one attached hydrogen (secondary N) is 1. The Bertz CT molecular complexity index is 721. The molecule has 2 heterocycles. The van der Waals surface area contributed by atoms with Crippen LogP contribution in [-0.4, -0.2) is 26.5 Å². The van der Waals surface area contributed by atoms with E-state index in [1.54, 1.807) is 17.6 Å². The Morgan fingerprint density at radius 3 is 2.71 bits per heavy atom. The highest BCUT2D eigenvalue weighted by atomic mass is 32.2. The number of sulfonamides is 1. The number of anilines is 2. The number of benzene rings is 1. The third kappa shape index (κ3) is 3.03. The van der Waals surface area contributed by atoms with Crippen LogP contribution in [0.3, 0.4) is 0 Å². The van der Waals surface area contributed by atoms with Gasteiger partial charge in [0.2, 0.25) is 0 Å². The van der Waals surface area contributed by atoms with Gasteiger partial charge in [-0.3, -0.25) is 4.72 Å². The molecule has 5 nitrogen and oxygen atoms in total. The average Bonchev–Trinajstić information content (AvgIpc) is 3.11. The molecule has 0 radical (unpaired) electrons. The molecule has 0 atom stereocenters. The fourth-order valence-electron chi connectivity index (χ4n) is 2.49. The second kappa shape index (κ2) is 5.65. The molecule has 1 N–H and O–H groups in total. The van der Waals surface area contributed by atoms with Gasteiger partial charge in [0.1, 0.15) is 0 Å². The zero-order valence-electron chi connectivity index (χ0n) is 11.7. The minimum absolute atomic E-state index is 0.321. The first-order valence-corrected chi connectivity index (χ1v) is 9.20. The van der Waals surface area contributed by atoms with Gasteiger partial charge >= 0.3 is 0 Å². The Labute approximate surface area is 128 Å². The summed E-state index contributed by atoms with van der Waals surface area (Å²) in [5.74, 6) is 0. The van der Waals surface area contributed by atoms with Crippen molar-refractivity contribution >= 4 is 32.2 Å². The SMILES string of the molecule is Cc1ccc(N2CCCC2)cc1S(=O)(=O)Nc1nccs1. The fourth-order valence-corrected chi connectivity index (χ4v) is 4.55. The minimum Gasteiger partial charge on any atom is -0.371 e. The van der Waals surface area contributed by atoms with Crippen LogP contribution in [0.15, 0.2) is 34.7 Å². The van der Waals surface area contributed by atoms with Gasteiger partial charge in [-0.1, -0.05) is 6.07 Å². The fraction of sp³-hybridized carbons (Fsp3) is 0.357. The summed E-state index contributed by atoms with van der Waals surface area (Å²) < 4.78 is 27.6. The molecule has 0 amide bonds. The van der Waals surface area contributed by atoms with Gasteiger partial charge in [0.05, 0.1) is 4.90 Å². The predicted octanol–water partition coefficient (Wildman–Crippen LogP) is 2.85. The van der Waals surface area contributed by atoms with E-state index in [1.165, 1.54) is 11.3 Å². The van der Waals surface area contributed by atoms with Gasteiger partial charge < -0.3 is 4.90 Å². The molecule has 1 fully saturated rings. The molecule has 21 heavy (non-hydrogen) atoms. The number of rotatable bonds is 4. The molecule has 1 saturated heterocycles. The van der Waals surface area contributed by atoms with E-state index in [0.29, 0.717) is 10.0 Å². The molecule has 1 aromatic carbocycles. The van der Waals surface area contributed by atoms with Gasteiger partial charge in [0.25, 0.3) is 10.0 Å². The van der Waals surface area contributed by atoms with Crippen molar-refractivity contribution < 1.29 is 8.42 Å². The van der Waals surface area contributed by atoms with Crippen LogP contribution in [0.1, 0.15) is 18.4 Å². The Kier molecular flexibility index (Phi) is 3.86. The standard InChI is InChI=1S/C14H17N3O2S2/c1-11-4-5-12(17-7-2-3-8-17)10-13(11)21(18,19)16-14-15-6-9-20-14/h4-6,9-10H,2-3,7-8H2,1H3,(H,15,16). The van der Waals surface area contributed by atoms with Crippen molar-refractivity contribution in [3.05, 3.63) is 35.3 Å². The lowest BCUT2D eigenvalue weighted by Crippen LogP contribution is -2.19. The molecular formula is C14H17N3O2S2. The maximum atomic E-state index is 12.5. The lowest BCUT2D eigenvalue weighted by Gasteiger charge is -2.19. The molecular weight excluding hydrogens is 306 g/mol. The number of hydrogen-bond donors (Lipinski definition) is 1. The van der Waals surface area contributed by atoms with Crippen molar-refractivity contribution in [2.75, 3.05) is 22.7 Å². The van der Waals surface area contributed by atoms with Gasteiger partial charge in [-0.2, -0.15) is 0 Å². The molecule has 1 aromatic heterocycles. The average molecular weight is 323 g/mol. The highest BCUT2D eigenvalue weighted by molar-refractivity contribution is 7.93. The van der Waals surface area contributed by atoms with Crippen LogP contribution in [0, 0.1) is 6.92 Å². The van der Waals surface area contributed by atoms with Crippen LogP contribution in [-0.2, 0) is 10.0 Å². The van der Waals surface area contributed by atoms with Crippen LogP contribution in [0.2, 0.25) is 0 Å². The van der Waals surface area contributed by atoms with Crippen molar-refractivity contribution in [3.63, 3.8) is 0 Å². The molecule has 3 rings (SSSR count). The van der Waals surface area contributed by atoms with Gasteiger partial charge in [0.15, 0.2) is 5.13 Å². The summed E-state index contributed by atoms with van der Waals surface area (Å²) in [7, 11) is -3.59. The van der Waals surface area contributed by atoms with Crippen LogP contribution in [0.4, 0.5) is 10.8 Å². The molecule has 0 bridgehead atoms. The molecule has 0 unspecified atom stereocenters. The zero-order valence-corrected chi connectivity index (χ0v) is 13.4. The number of thiazole rings is 1. The number of aryl methyl sites for hydroxylation is 1. The molecule has 0 saturated carbocycles. The van der Waals surface area contributed by atoms with Crippen molar-refractivity contribution in [2.45, 2.75) is 24.7 Å². The van der Waals surface area contributed by atoms with E-state index in [1.807, 2.05) is 19.1 Å². The van der Waals surface area contributed by atoms with E-state index in [2.05, 4.69) is 14.6 Å². The monoisotopic (exact) mass is 323 g/mol. The lowest BCUT2D eigenvalue weighted by atomic mass is 10.2. The summed E-state index contributed by atoms with van der Waals surface area (Å²) in [6.45, 7) is 3.79. The summed E-state index contributed by atoms with van der Waals surface area (Å²) >= 11 is 1.27. The first kappa shape index (κ1) is 14.3. The Morgan fingerprint density at radius 1 is 1.29 bits per heavy atom. The summed E-state index contributed by atoms with van der Waals surface area (Å²) in [6.07, 6.45) is 3.90. The second-order valence-corrected chi connectivity index (χ2v) is 7.63. The Hall–Kier alpha value is -1.60. The highest BCUT2D eigenvalue weighted by Gasteiger charge is 2.21. The van der Waals surface area contributed by atoms with Gasteiger partial charge in [-0.15, -0.1) is 11.3 Å². The topological polar surface area (TPSA) is 62.3 Å². The predicted molar refractivity (Wildman–Crippen MR) is 85.5 cm³/mol. The molecule has 0 aliphatic carbocycles. The quantitative estimate of drug-likeness (QED) is 0.940. The summed E-state index contributed by atoms with van der Waals surface area (Å²) in [6, 6.07) is 5.61. The zero-order chi connectivity index (χ0) is 14.9. The normalized spacial score (nSPS) is 15.4. The molecule has 0 spiro atoms. The van der Waals surface area contributed by atoms with Crippen molar-refractivity contribution in [2.24, 2.45) is 0 Å². The van der Waals surface area contributed by atoms with Crippen molar-refractivity contribution in [1.82, 2.24) is 4.98 Å². The molecule has 112 valence electrons. The van der Waals surface area contributed by atoms with Gasteiger partial charge in [-0.05, 0) is 37.5 Å². The van der Waals surface area contributed by atoms with Crippen molar-refractivity contribution in [3.8, 4) is 0 Å². The Balaban J connectivity index is 1.94. The highest BCUT2D eigenvalue weighted by Crippen LogP contribution is 2.27. The van der Waals surface area contributed by atoms with Crippen LogP contribution < -0.4 is 9.62 Å². The van der Waals surface area contributed by atoms with E-state index in [9.17, 15) is 8.42 Å². The Morgan fingerprint density at radius 2 is 2.05 bits per heavy atom. The summed E-state index contributed by atoms with van der Waals surface area (Å²) in [4.78, 5) is 6.52. The maximum absolute atomic E-state index is 12.5. The number of aromatic nitrogens is 1. The van der Waals surface area contributed by atoms with E-state index in [0.717, 1.165) is 37.2 Å². The third-order valence-corrected chi connectivity index (χ3v) is 5.89. The lowest BCUT2D eigenvalue weighted by molar-refractivity contribution is 0.600. The van der Waals surface area contributed by atoms with E-state index >= 15 is 0 Å². The first-order valence-electron chi connectivity index (χ1n) is 6.84. The number of hydrogen-bond acceptors (Lipinski definition) is 5. The largest absolute Gasteiger partial charge is 0.371 e. The third-order valence-electron chi connectivity index (χ3n) is 3.59. The smallest absolute Gasteiger partial charge is 0.264 e. The van der Waals surface area contributed by atoms with Crippen LogP contribution in [0.25, 0.3) is 0 Å². The summed E-state index contributed by atoms with van der Waals surface area (Å²) in [5, 5.41) is 2.13. The van der Waals surface area contributed by atoms with Crippen LogP contribution in [0.5, 0.6) is 0 Å². The van der Waals surface area contributed by atoms with Crippen molar-refractivity contribution in [1.29, 1.82) is 0 Å². The van der Waals surface area contributed by atoms with E-state index in [-0.39, 0.29) is 0 Å². The minimum atomic E-state index is -3.59. The van der Waals surface area contributed by atoms with Crippen LogP contribution >= 0.6 is 11.3 Å². The van der Waals surface area contributed by atoms with E-state index < -0.39 is 10.0 Å². The van der Waals surface area contributed by atoms with E-state index in [4.69, 9.17) is 0 Å². The molecule has 1 aliphatic rings. The molecule has 2 aromatic rings. The molecule has 1 aliphatic heterocycles. The van der Waals surface area contributed by atoms with Gasteiger partial charge in [-0.25, -0.2) is 13.4 Å². The second-order valence-electron chi connectivity index (χ2n) is 5.09. The maximum Gasteiger partial charge on any atom is 0.264 e. The molecule has 7 heteroatoms. The summed E-state index contributed by atoms with van der Waals surface area (Å²) in [5.41, 5.74) is 1.71. The first-order chi connectivity index (χ1) is 10.1.